The van der Waals surface area contributed by atoms with Crippen LogP contribution in [0.3, 0.4) is 0 Å². The summed E-state index contributed by atoms with van der Waals surface area (Å²) < 4.78 is 2.76. The SMILES string of the molecule is CCCCCCCCCCCCCCC#Cc1ccsc1-c1cc2sc(-c3sccc3C#CCCCCCCCCCCCCCC)cc2s1. The lowest BCUT2D eigenvalue weighted by Crippen LogP contribution is -1.82. The molecule has 0 amide bonds. The smallest absolute Gasteiger partial charge is 0.0599 e. The minimum absolute atomic E-state index is 1.01. The Morgan fingerprint density at radius 2 is 0.740 bits per heavy atom. The Morgan fingerprint density at radius 1 is 0.420 bits per heavy atom. The zero-order valence-corrected chi connectivity index (χ0v) is 34.7. The number of fused-ring (bicyclic) bond motifs is 1. The summed E-state index contributed by atoms with van der Waals surface area (Å²) in [5, 5.41) is 4.41. The van der Waals surface area contributed by atoms with Crippen LogP contribution in [0.1, 0.15) is 192 Å². The maximum atomic E-state index is 3.52. The van der Waals surface area contributed by atoms with Crippen molar-refractivity contribution in [2.75, 3.05) is 0 Å². The molecule has 0 saturated carbocycles. The molecule has 272 valence electrons. The molecule has 0 saturated heterocycles. The summed E-state index contributed by atoms with van der Waals surface area (Å²) in [6.07, 6.45) is 35.4. The van der Waals surface area contributed by atoms with Gasteiger partial charge < -0.3 is 0 Å². The number of hydrogen-bond donors (Lipinski definition) is 0. The number of rotatable bonds is 26. The van der Waals surface area contributed by atoms with Crippen LogP contribution in [-0.4, -0.2) is 0 Å². The largest absolute Gasteiger partial charge is 0.142 e. The van der Waals surface area contributed by atoms with E-state index in [1.807, 2.05) is 45.3 Å². The Labute approximate surface area is 322 Å². The normalized spacial score (nSPS) is 11.2. The first-order chi connectivity index (χ1) is 24.8. The van der Waals surface area contributed by atoms with Crippen molar-refractivity contribution in [3.8, 4) is 43.2 Å². The quantitative estimate of drug-likeness (QED) is 0.0444. The highest BCUT2D eigenvalue weighted by molar-refractivity contribution is 7.33. The first kappa shape index (κ1) is 40.9. The summed E-state index contributed by atoms with van der Waals surface area (Å²) in [6.45, 7) is 4.59. The molecule has 4 heterocycles. The number of unbranched alkanes of at least 4 members (excludes halogenated alkanes) is 24. The summed E-state index contributed by atoms with van der Waals surface area (Å²) in [5.41, 5.74) is 2.40. The standard InChI is InChI=1S/C46H64S4/c1-3-5-7-9-11-13-15-17-19-21-23-25-27-29-31-39-33-35-47-45(39)43-37-41-42(49-43)38-44(50-41)46-40(34-36-48-46)32-30-28-26-24-22-20-18-16-14-12-10-8-6-4-2/h33-38H,3-28H2,1-2H3. The van der Waals surface area contributed by atoms with Gasteiger partial charge in [0.15, 0.2) is 0 Å². The molecule has 0 spiro atoms. The van der Waals surface area contributed by atoms with Crippen LogP contribution < -0.4 is 0 Å². The third-order valence-electron chi connectivity index (χ3n) is 9.74. The van der Waals surface area contributed by atoms with E-state index in [0.29, 0.717) is 0 Å². The minimum Gasteiger partial charge on any atom is -0.142 e. The fourth-order valence-electron chi connectivity index (χ4n) is 6.68. The molecule has 0 aliphatic heterocycles. The van der Waals surface area contributed by atoms with Gasteiger partial charge in [0.2, 0.25) is 0 Å². The first-order valence-electron chi connectivity index (χ1n) is 20.5. The fourth-order valence-corrected chi connectivity index (χ4v) is 11.0. The maximum absolute atomic E-state index is 3.52. The van der Waals surface area contributed by atoms with Crippen molar-refractivity contribution in [3.05, 3.63) is 46.2 Å². The van der Waals surface area contributed by atoms with Crippen molar-refractivity contribution in [1.29, 1.82) is 0 Å². The molecule has 0 nitrogen and oxygen atoms in total. The van der Waals surface area contributed by atoms with Crippen LogP contribution in [0.15, 0.2) is 35.0 Å². The van der Waals surface area contributed by atoms with Crippen molar-refractivity contribution < 1.29 is 0 Å². The van der Waals surface area contributed by atoms with Crippen molar-refractivity contribution in [3.63, 3.8) is 0 Å². The molecule has 50 heavy (non-hydrogen) atoms. The van der Waals surface area contributed by atoms with E-state index in [2.05, 4.69) is 72.6 Å². The molecule has 0 bridgehead atoms. The molecule has 0 atom stereocenters. The van der Waals surface area contributed by atoms with Gasteiger partial charge in [0.25, 0.3) is 0 Å². The highest BCUT2D eigenvalue weighted by atomic mass is 32.1. The minimum atomic E-state index is 1.01. The van der Waals surface area contributed by atoms with Gasteiger partial charge in [-0.1, -0.05) is 179 Å². The summed E-state index contributed by atoms with van der Waals surface area (Å²) in [7, 11) is 0. The molecule has 0 radical (unpaired) electrons. The van der Waals surface area contributed by atoms with Gasteiger partial charge in [0, 0.05) is 43.1 Å². The zero-order valence-electron chi connectivity index (χ0n) is 31.5. The molecule has 4 rings (SSSR count). The van der Waals surface area contributed by atoms with E-state index in [1.54, 1.807) is 0 Å². The monoisotopic (exact) mass is 744 g/mol. The van der Waals surface area contributed by atoms with E-state index in [0.717, 1.165) is 12.8 Å². The lowest BCUT2D eigenvalue weighted by Gasteiger charge is -2.02. The van der Waals surface area contributed by atoms with Crippen molar-refractivity contribution in [2.24, 2.45) is 0 Å². The topological polar surface area (TPSA) is 0 Å². The highest BCUT2D eigenvalue weighted by Gasteiger charge is 2.15. The predicted octanol–water partition coefficient (Wildman–Crippen LogP) is 17.3. The van der Waals surface area contributed by atoms with Gasteiger partial charge in [0.05, 0.1) is 9.75 Å². The molecular weight excluding hydrogens is 681 g/mol. The summed E-state index contributed by atoms with van der Waals surface area (Å²) in [6, 6.07) is 9.21. The van der Waals surface area contributed by atoms with Crippen molar-refractivity contribution in [1.82, 2.24) is 0 Å². The average molecular weight is 745 g/mol. The van der Waals surface area contributed by atoms with E-state index >= 15 is 0 Å². The van der Waals surface area contributed by atoms with Crippen LogP contribution >= 0.6 is 45.3 Å². The van der Waals surface area contributed by atoms with Crippen LogP contribution in [0.25, 0.3) is 28.9 Å². The Hall–Kier alpha value is -1.82. The van der Waals surface area contributed by atoms with E-state index in [-0.39, 0.29) is 0 Å². The van der Waals surface area contributed by atoms with Crippen molar-refractivity contribution >= 4 is 54.7 Å². The van der Waals surface area contributed by atoms with Crippen LogP contribution in [0, 0.1) is 23.7 Å². The van der Waals surface area contributed by atoms with Gasteiger partial charge in [-0.15, -0.1) is 45.3 Å². The lowest BCUT2D eigenvalue weighted by atomic mass is 10.0. The third kappa shape index (κ3) is 15.4. The third-order valence-corrected chi connectivity index (χ3v) is 14.2. The second kappa shape index (κ2) is 26.0. The molecular formula is C46H64S4. The van der Waals surface area contributed by atoms with Gasteiger partial charge in [-0.05, 0) is 47.9 Å². The van der Waals surface area contributed by atoms with Gasteiger partial charge in [-0.3, -0.25) is 0 Å². The molecule has 0 aromatic carbocycles. The van der Waals surface area contributed by atoms with E-state index in [1.165, 1.54) is 194 Å². The molecule has 4 aromatic rings. The molecule has 4 aromatic heterocycles. The molecule has 0 unspecified atom stereocenters. The number of thiophene rings is 4. The van der Waals surface area contributed by atoms with Crippen molar-refractivity contribution in [2.45, 2.75) is 181 Å². The highest BCUT2D eigenvalue weighted by Crippen LogP contribution is 2.45. The van der Waals surface area contributed by atoms with E-state index in [4.69, 9.17) is 0 Å². The zero-order chi connectivity index (χ0) is 34.9. The van der Waals surface area contributed by atoms with E-state index < -0.39 is 0 Å². The van der Waals surface area contributed by atoms with Crippen LogP contribution in [0.4, 0.5) is 0 Å². The Kier molecular flexibility index (Phi) is 21.3. The van der Waals surface area contributed by atoms with Gasteiger partial charge in [-0.25, -0.2) is 0 Å². The van der Waals surface area contributed by atoms with E-state index in [9.17, 15) is 0 Å². The average Bonchev–Trinajstić information content (AvgIpc) is 3.93. The maximum Gasteiger partial charge on any atom is 0.0599 e. The molecule has 0 aliphatic rings. The Morgan fingerprint density at radius 3 is 1.08 bits per heavy atom. The van der Waals surface area contributed by atoms with Crippen LogP contribution in [-0.2, 0) is 0 Å². The molecule has 0 N–H and O–H groups in total. The summed E-state index contributed by atoms with van der Waals surface area (Å²) in [4.78, 5) is 5.39. The first-order valence-corrected chi connectivity index (χ1v) is 23.9. The summed E-state index contributed by atoms with van der Waals surface area (Å²) >= 11 is 7.50. The second-order valence-electron chi connectivity index (χ2n) is 14.2. The van der Waals surface area contributed by atoms with Crippen LogP contribution in [0.5, 0.6) is 0 Å². The Bertz CT molecular complexity index is 1420. The predicted molar refractivity (Wildman–Crippen MR) is 231 cm³/mol. The molecule has 0 fully saturated rings. The van der Waals surface area contributed by atoms with Gasteiger partial charge in [0.1, 0.15) is 0 Å². The second-order valence-corrected chi connectivity index (χ2v) is 18.2. The molecule has 0 aliphatic carbocycles. The van der Waals surface area contributed by atoms with Crippen LogP contribution in [0.2, 0.25) is 0 Å². The fraction of sp³-hybridized carbons (Fsp3) is 0.609. The Balaban J connectivity index is 1.13. The lowest BCUT2D eigenvalue weighted by molar-refractivity contribution is 0.545. The van der Waals surface area contributed by atoms with Gasteiger partial charge >= 0.3 is 0 Å². The molecule has 4 heteroatoms. The van der Waals surface area contributed by atoms with Gasteiger partial charge in [-0.2, -0.15) is 0 Å². The number of hydrogen-bond acceptors (Lipinski definition) is 4. The summed E-state index contributed by atoms with van der Waals surface area (Å²) in [5.74, 6) is 14.0.